The molecule has 1 atom stereocenters. The molecular weight excluding hydrogens is 262 g/mol. The van der Waals surface area contributed by atoms with Crippen LogP contribution in [0.4, 0.5) is 5.69 Å². The number of benzene rings is 1. The molecule has 0 heterocycles. The van der Waals surface area contributed by atoms with E-state index in [2.05, 4.69) is 0 Å². The van der Waals surface area contributed by atoms with Gasteiger partial charge in [-0.2, -0.15) is 0 Å². The number of nitrogens with zero attached hydrogens (tertiary/aromatic N) is 1. The van der Waals surface area contributed by atoms with Crippen LogP contribution >= 0.6 is 0 Å². The Kier molecular flexibility index (Phi) is 3.63. The number of nitro benzene ring substituents is 1. The largest absolute Gasteiger partial charge is 0.491 e. The number of carbonyl (C=O) groups is 1. The van der Waals surface area contributed by atoms with Gasteiger partial charge >= 0.3 is 0 Å². The number of rotatable bonds is 6. The highest BCUT2D eigenvalue weighted by Crippen LogP contribution is 2.39. The Morgan fingerprint density at radius 2 is 2.20 bits per heavy atom. The zero-order valence-corrected chi connectivity index (χ0v) is 11.2. The molecule has 4 N–H and O–H groups in total. The van der Waals surface area contributed by atoms with Crippen LogP contribution in [0, 0.1) is 23.0 Å². The summed E-state index contributed by atoms with van der Waals surface area (Å²) in [6.45, 7) is 1.52. The summed E-state index contributed by atoms with van der Waals surface area (Å²) in [7, 11) is 0. The monoisotopic (exact) mass is 279 g/mol. The highest BCUT2D eigenvalue weighted by molar-refractivity contribution is 5.85. The number of amides is 1. The maximum atomic E-state index is 11.5. The maximum absolute atomic E-state index is 11.5. The van der Waals surface area contributed by atoms with Crippen LogP contribution in [0.3, 0.4) is 0 Å². The molecule has 1 aromatic carbocycles. The van der Waals surface area contributed by atoms with Gasteiger partial charge in [0.05, 0.1) is 10.5 Å². The van der Waals surface area contributed by atoms with Crippen molar-refractivity contribution in [2.75, 3.05) is 6.61 Å². The summed E-state index contributed by atoms with van der Waals surface area (Å²) in [4.78, 5) is 21.9. The van der Waals surface area contributed by atoms with Crippen molar-refractivity contribution in [3.63, 3.8) is 0 Å². The SMILES string of the molecule is Cc1c(OCC(N)(C(N)=O)C2CC2)cccc1[N+](=O)[O-]. The van der Waals surface area contributed by atoms with Crippen LogP contribution in [0.1, 0.15) is 18.4 Å². The van der Waals surface area contributed by atoms with Crippen LogP contribution in [-0.4, -0.2) is 23.0 Å². The topological polar surface area (TPSA) is 121 Å². The van der Waals surface area contributed by atoms with Crippen LogP contribution < -0.4 is 16.2 Å². The molecular formula is C13H17N3O4. The zero-order valence-electron chi connectivity index (χ0n) is 11.2. The third-order valence-corrected chi connectivity index (χ3v) is 3.68. The zero-order chi connectivity index (χ0) is 14.9. The van der Waals surface area contributed by atoms with Gasteiger partial charge in [0, 0.05) is 6.07 Å². The number of hydrogen-bond acceptors (Lipinski definition) is 5. The van der Waals surface area contributed by atoms with Gasteiger partial charge in [-0.05, 0) is 31.7 Å². The molecule has 1 aliphatic carbocycles. The highest BCUT2D eigenvalue weighted by atomic mass is 16.6. The quantitative estimate of drug-likeness (QED) is 0.591. The third kappa shape index (κ3) is 2.57. The summed E-state index contributed by atoms with van der Waals surface area (Å²) >= 11 is 0. The van der Waals surface area contributed by atoms with E-state index in [1.54, 1.807) is 13.0 Å². The first kappa shape index (κ1) is 14.3. The Morgan fingerprint density at radius 3 is 2.70 bits per heavy atom. The van der Waals surface area contributed by atoms with E-state index in [4.69, 9.17) is 16.2 Å². The molecule has 1 amide bonds. The van der Waals surface area contributed by atoms with Crippen molar-refractivity contribution in [1.29, 1.82) is 0 Å². The van der Waals surface area contributed by atoms with Crippen LogP contribution in [0.5, 0.6) is 5.75 Å². The Hall–Kier alpha value is -2.15. The first-order valence-corrected chi connectivity index (χ1v) is 6.32. The van der Waals surface area contributed by atoms with Crippen LogP contribution in [0.25, 0.3) is 0 Å². The number of hydrogen-bond donors (Lipinski definition) is 2. The lowest BCUT2D eigenvalue weighted by Crippen LogP contribution is -2.58. The lowest BCUT2D eigenvalue weighted by molar-refractivity contribution is -0.385. The van der Waals surface area contributed by atoms with Crippen molar-refractivity contribution < 1.29 is 14.5 Å². The van der Waals surface area contributed by atoms with E-state index in [0.29, 0.717) is 11.3 Å². The van der Waals surface area contributed by atoms with E-state index in [9.17, 15) is 14.9 Å². The summed E-state index contributed by atoms with van der Waals surface area (Å²) in [6, 6.07) is 4.53. The summed E-state index contributed by atoms with van der Waals surface area (Å²) < 4.78 is 5.53. The van der Waals surface area contributed by atoms with Gasteiger partial charge in [0.1, 0.15) is 17.9 Å². The summed E-state index contributed by atoms with van der Waals surface area (Å²) in [5.74, 6) is -0.238. The van der Waals surface area contributed by atoms with Crippen LogP contribution in [0.15, 0.2) is 18.2 Å². The second-order valence-electron chi connectivity index (χ2n) is 5.12. The smallest absolute Gasteiger partial charge is 0.276 e. The minimum absolute atomic E-state index is 0.0269. The molecule has 1 aromatic rings. The molecule has 1 aliphatic rings. The van der Waals surface area contributed by atoms with Crippen molar-refractivity contribution in [2.24, 2.45) is 17.4 Å². The van der Waals surface area contributed by atoms with Crippen molar-refractivity contribution >= 4 is 11.6 Å². The molecule has 1 saturated carbocycles. The van der Waals surface area contributed by atoms with E-state index in [0.717, 1.165) is 12.8 Å². The van der Waals surface area contributed by atoms with Gasteiger partial charge in [0.25, 0.3) is 5.69 Å². The fraction of sp³-hybridized carbons (Fsp3) is 0.462. The standard InChI is InChI=1S/C13H17N3O4/c1-8-10(16(18)19)3-2-4-11(8)20-7-13(15,12(14)17)9-5-6-9/h2-4,9H,5-7,15H2,1H3,(H2,14,17). The predicted octanol–water partition coefficient (Wildman–Crippen LogP) is 0.875. The molecule has 1 fully saturated rings. The fourth-order valence-electron chi connectivity index (χ4n) is 2.14. The van der Waals surface area contributed by atoms with Gasteiger partial charge in [-0.25, -0.2) is 0 Å². The maximum Gasteiger partial charge on any atom is 0.276 e. The summed E-state index contributed by atoms with van der Waals surface area (Å²) in [5, 5.41) is 10.9. The normalized spacial score (nSPS) is 17.3. The first-order chi connectivity index (χ1) is 9.36. The Bertz CT molecular complexity index is 557. The van der Waals surface area contributed by atoms with Crippen molar-refractivity contribution in [1.82, 2.24) is 0 Å². The van der Waals surface area contributed by atoms with Crippen molar-refractivity contribution in [3.05, 3.63) is 33.9 Å². The number of ether oxygens (including phenoxy) is 1. The van der Waals surface area contributed by atoms with Gasteiger partial charge in [0.15, 0.2) is 0 Å². The van der Waals surface area contributed by atoms with Gasteiger partial charge in [-0.15, -0.1) is 0 Å². The van der Waals surface area contributed by atoms with Crippen LogP contribution in [0.2, 0.25) is 0 Å². The van der Waals surface area contributed by atoms with E-state index < -0.39 is 16.4 Å². The van der Waals surface area contributed by atoms with Gasteiger partial charge < -0.3 is 16.2 Å². The van der Waals surface area contributed by atoms with Crippen molar-refractivity contribution in [3.8, 4) is 5.75 Å². The molecule has 0 spiro atoms. The van der Waals surface area contributed by atoms with E-state index in [-0.39, 0.29) is 18.2 Å². The minimum Gasteiger partial charge on any atom is -0.491 e. The molecule has 0 aliphatic heterocycles. The molecule has 20 heavy (non-hydrogen) atoms. The lowest BCUT2D eigenvalue weighted by Gasteiger charge is -2.26. The van der Waals surface area contributed by atoms with Crippen molar-refractivity contribution in [2.45, 2.75) is 25.3 Å². The molecule has 2 rings (SSSR count). The van der Waals surface area contributed by atoms with Gasteiger partial charge in [-0.3, -0.25) is 14.9 Å². The molecule has 108 valence electrons. The lowest BCUT2D eigenvalue weighted by atomic mass is 9.95. The summed E-state index contributed by atoms with van der Waals surface area (Å²) in [6.07, 6.45) is 1.69. The van der Waals surface area contributed by atoms with Gasteiger partial charge in [0.2, 0.25) is 5.91 Å². The van der Waals surface area contributed by atoms with Gasteiger partial charge in [-0.1, -0.05) is 6.07 Å². The van der Waals surface area contributed by atoms with E-state index in [1.807, 2.05) is 0 Å². The average Bonchev–Trinajstić information content (AvgIpc) is 3.21. The Labute approximate surface area is 116 Å². The third-order valence-electron chi connectivity index (χ3n) is 3.68. The highest BCUT2D eigenvalue weighted by Gasteiger charge is 2.47. The molecule has 0 saturated heterocycles. The second-order valence-corrected chi connectivity index (χ2v) is 5.12. The molecule has 1 unspecified atom stereocenters. The second kappa shape index (κ2) is 5.09. The molecule has 7 nitrogen and oxygen atoms in total. The average molecular weight is 279 g/mol. The van der Waals surface area contributed by atoms with Crippen LogP contribution in [-0.2, 0) is 4.79 Å². The Morgan fingerprint density at radius 1 is 1.55 bits per heavy atom. The minimum atomic E-state index is -1.21. The number of nitro groups is 1. The van der Waals surface area contributed by atoms with E-state index >= 15 is 0 Å². The van der Waals surface area contributed by atoms with E-state index in [1.165, 1.54) is 12.1 Å². The molecule has 7 heteroatoms. The molecule has 0 bridgehead atoms. The predicted molar refractivity (Wildman–Crippen MR) is 72.2 cm³/mol. The molecule has 0 radical (unpaired) electrons. The summed E-state index contributed by atoms with van der Waals surface area (Å²) in [5.41, 5.74) is 10.5. The first-order valence-electron chi connectivity index (χ1n) is 6.32. The number of carbonyl (C=O) groups excluding carboxylic acids is 1. The number of nitrogens with two attached hydrogens (primary N) is 2. The fourth-order valence-corrected chi connectivity index (χ4v) is 2.14. The number of primary amides is 1. The Balaban J connectivity index is 2.16. The molecule has 0 aromatic heterocycles.